The van der Waals surface area contributed by atoms with Crippen molar-refractivity contribution in [3.63, 3.8) is 0 Å². The molecule has 1 atom stereocenters. The molecule has 4 aromatic rings. The van der Waals surface area contributed by atoms with Gasteiger partial charge in [-0.05, 0) is 12.1 Å². The summed E-state index contributed by atoms with van der Waals surface area (Å²) in [7, 11) is 0. The topological polar surface area (TPSA) is 118 Å². The van der Waals surface area contributed by atoms with Crippen molar-refractivity contribution in [2.45, 2.75) is 12.3 Å². The number of carbonyl (C=O) groups is 1. The SMILES string of the molecule is O=C1Nc2c(F)cccc2C(c2ccccc2)=NC1Nc1nnc(-c2ncc(C(F)(F)F)cc2N2CCOCC2)o1. The van der Waals surface area contributed by atoms with Gasteiger partial charge in [0.15, 0.2) is 5.69 Å². The van der Waals surface area contributed by atoms with E-state index in [0.717, 1.165) is 6.07 Å². The first-order valence-electron chi connectivity index (χ1n) is 12.5. The number of rotatable bonds is 5. The first kappa shape index (κ1) is 26.4. The number of benzodiazepines with no additional fused rings is 1. The van der Waals surface area contributed by atoms with Crippen molar-refractivity contribution in [3.05, 3.63) is 83.3 Å². The van der Waals surface area contributed by atoms with Crippen molar-refractivity contribution in [2.24, 2.45) is 4.99 Å². The highest BCUT2D eigenvalue weighted by atomic mass is 19.4. The molecule has 4 heterocycles. The Hall–Kier alpha value is -4.85. The molecule has 1 fully saturated rings. The summed E-state index contributed by atoms with van der Waals surface area (Å²) in [5, 5.41) is 13.2. The van der Waals surface area contributed by atoms with Crippen molar-refractivity contribution >= 4 is 29.0 Å². The van der Waals surface area contributed by atoms with E-state index in [2.05, 4.69) is 30.8 Å². The van der Waals surface area contributed by atoms with Crippen molar-refractivity contribution < 1.29 is 31.5 Å². The average molecular weight is 568 g/mol. The predicted octanol–water partition coefficient (Wildman–Crippen LogP) is 4.35. The number of fused-ring (bicyclic) bond motifs is 1. The highest BCUT2D eigenvalue weighted by Crippen LogP contribution is 2.36. The van der Waals surface area contributed by atoms with Crippen LogP contribution in [0.2, 0.25) is 0 Å². The normalized spacial score (nSPS) is 17.4. The number of nitrogens with one attached hydrogen (secondary N) is 2. The van der Waals surface area contributed by atoms with Gasteiger partial charge in [0.05, 0.1) is 35.9 Å². The first-order chi connectivity index (χ1) is 19.8. The summed E-state index contributed by atoms with van der Waals surface area (Å²) in [5.41, 5.74) is 0.594. The van der Waals surface area contributed by atoms with Gasteiger partial charge in [-0.2, -0.15) is 13.2 Å². The fourth-order valence-corrected chi connectivity index (χ4v) is 4.53. The second-order valence-electron chi connectivity index (χ2n) is 9.14. The number of alkyl halides is 3. The monoisotopic (exact) mass is 567 g/mol. The van der Waals surface area contributed by atoms with Gasteiger partial charge in [-0.25, -0.2) is 14.4 Å². The summed E-state index contributed by atoms with van der Waals surface area (Å²) >= 11 is 0. The lowest BCUT2D eigenvalue weighted by Crippen LogP contribution is -2.36. The number of ether oxygens (including phenoxy) is 1. The number of hydrogen-bond acceptors (Lipinski definition) is 9. The van der Waals surface area contributed by atoms with E-state index in [4.69, 9.17) is 9.15 Å². The van der Waals surface area contributed by atoms with Gasteiger partial charge in [0.25, 0.3) is 11.8 Å². The van der Waals surface area contributed by atoms with Gasteiger partial charge in [-0.1, -0.05) is 47.6 Å². The van der Waals surface area contributed by atoms with Crippen LogP contribution in [0.3, 0.4) is 0 Å². The number of carbonyl (C=O) groups excluding carboxylic acids is 1. The quantitative estimate of drug-likeness (QED) is 0.342. The molecule has 41 heavy (non-hydrogen) atoms. The van der Waals surface area contributed by atoms with E-state index in [9.17, 15) is 22.4 Å². The third-order valence-corrected chi connectivity index (χ3v) is 6.51. The number of aromatic nitrogens is 3. The molecule has 2 aliphatic rings. The number of para-hydroxylation sites is 1. The molecule has 2 N–H and O–H groups in total. The molecule has 0 radical (unpaired) electrons. The number of halogens is 4. The third-order valence-electron chi connectivity index (χ3n) is 6.51. The molecule has 10 nitrogen and oxygen atoms in total. The van der Waals surface area contributed by atoms with Crippen LogP contribution in [0.4, 0.5) is 35.0 Å². The average Bonchev–Trinajstić information content (AvgIpc) is 3.39. The molecule has 2 aliphatic heterocycles. The molecule has 2 aromatic carbocycles. The summed E-state index contributed by atoms with van der Waals surface area (Å²) in [5.74, 6) is -1.49. The molecule has 210 valence electrons. The number of morpholine rings is 1. The Morgan fingerprint density at radius 2 is 1.80 bits per heavy atom. The van der Waals surface area contributed by atoms with Crippen LogP contribution in [-0.4, -0.2) is 59.3 Å². The Bertz CT molecular complexity index is 1620. The van der Waals surface area contributed by atoms with E-state index in [1.807, 2.05) is 6.07 Å². The van der Waals surface area contributed by atoms with Gasteiger partial charge < -0.3 is 24.7 Å². The lowest BCUT2D eigenvalue weighted by molar-refractivity contribution is -0.137. The Labute approximate surface area is 230 Å². The maximum atomic E-state index is 14.7. The van der Waals surface area contributed by atoms with E-state index in [1.165, 1.54) is 12.1 Å². The summed E-state index contributed by atoms with van der Waals surface area (Å²) in [6, 6.07) is 14.0. The number of anilines is 3. The smallest absolute Gasteiger partial charge is 0.402 e. The van der Waals surface area contributed by atoms with Crippen LogP contribution in [0, 0.1) is 5.82 Å². The van der Waals surface area contributed by atoms with Gasteiger partial charge in [-0.15, -0.1) is 5.10 Å². The maximum Gasteiger partial charge on any atom is 0.417 e. The van der Waals surface area contributed by atoms with Gasteiger partial charge in [0.2, 0.25) is 6.17 Å². The zero-order valence-corrected chi connectivity index (χ0v) is 21.2. The zero-order chi connectivity index (χ0) is 28.6. The molecular formula is C27H21F4N7O3. The Morgan fingerprint density at radius 3 is 2.56 bits per heavy atom. The number of nitrogens with zero attached hydrogens (tertiary/aromatic N) is 5. The lowest BCUT2D eigenvalue weighted by atomic mass is 10.0. The molecule has 14 heteroatoms. The second-order valence-corrected chi connectivity index (χ2v) is 9.14. The van der Waals surface area contributed by atoms with Gasteiger partial charge in [0.1, 0.15) is 5.82 Å². The molecule has 2 aromatic heterocycles. The third kappa shape index (κ3) is 5.33. The standard InChI is InChI=1S/C27H21F4N7O3/c28-18-8-4-7-17-20(15-5-2-1-3-6-15)33-23(24(39)34-21(17)18)35-26-37-36-25(41-26)22-19(38-9-11-40-12-10-38)13-16(14-32-22)27(29,30)31/h1-8,13-14,23H,9-12H2,(H,34,39)(H,35,37). The largest absolute Gasteiger partial charge is 0.417 e. The first-order valence-corrected chi connectivity index (χ1v) is 12.5. The minimum absolute atomic E-state index is 0.0280. The summed E-state index contributed by atoms with van der Waals surface area (Å²) in [6.45, 7) is 1.33. The minimum Gasteiger partial charge on any atom is -0.402 e. The van der Waals surface area contributed by atoms with E-state index in [-0.39, 0.29) is 29.0 Å². The van der Waals surface area contributed by atoms with Crippen LogP contribution in [0.1, 0.15) is 16.7 Å². The van der Waals surface area contributed by atoms with Crippen LogP contribution in [0.15, 0.2) is 70.2 Å². The zero-order valence-electron chi connectivity index (χ0n) is 21.2. The van der Waals surface area contributed by atoms with Gasteiger partial charge in [0, 0.05) is 30.4 Å². The van der Waals surface area contributed by atoms with Crippen LogP contribution in [0.5, 0.6) is 0 Å². The molecule has 1 unspecified atom stereocenters. The molecule has 0 spiro atoms. The molecule has 0 aliphatic carbocycles. The van der Waals surface area contributed by atoms with E-state index in [1.54, 1.807) is 35.2 Å². The number of hydrogen-bond donors (Lipinski definition) is 2. The Kier molecular flexibility index (Phi) is 6.83. The van der Waals surface area contributed by atoms with Crippen molar-refractivity contribution in [1.29, 1.82) is 0 Å². The Morgan fingerprint density at radius 1 is 1.02 bits per heavy atom. The van der Waals surface area contributed by atoms with Crippen molar-refractivity contribution in [2.75, 3.05) is 41.8 Å². The molecule has 0 saturated carbocycles. The van der Waals surface area contributed by atoms with Gasteiger partial charge >= 0.3 is 12.2 Å². The van der Waals surface area contributed by atoms with Crippen LogP contribution < -0.4 is 15.5 Å². The van der Waals surface area contributed by atoms with Crippen molar-refractivity contribution in [1.82, 2.24) is 15.2 Å². The van der Waals surface area contributed by atoms with Crippen LogP contribution in [0.25, 0.3) is 11.6 Å². The maximum absolute atomic E-state index is 14.7. The lowest BCUT2D eigenvalue weighted by Gasteiger charge is -2.30. The van der Waals surface area contributed by atoms with E-state index in [0.29, 0.717) is 49.3 Å². The Balaban J connectivity index is 1.35. The molecular weight excluding hydrogens is 546 g/mol. The van der Waals surface area contributed by atoms with E-state index >= 15 is 0 Å². The van der Waals surface area contributed by atoms with E-state index < -0.39 is 29.6 Å². The number of pyridine rings is 1. The summed E-state index contributed by atoms with van der Waals surface area (Å²) in [6.07, 6.45) is -5.23. The van der Waals surface area contributed by atoms with Gasteiger partial charge in [-0.3, -0.25) is 4.79 Å². The number of benzene rings is 2. The number of aliphatic imine (C=N–C) groups is 1. The fraction of sp³-hybridized carbons (Fsp3) is 0.222. The molecule has 6 rings (SSSR count). The minimum atomic E-state index is -4.60. The summed E-state index contributed by atoms with van der Waals surface area (Å²) < 4.78 is 66.1. The molecule has 1 saturated heterocycles. The highest BCUT2D eigenvalue weighted by molar-refractivity contribution is 6.19. The fourth-order valence-electron chi connectivity index (χ4n) is 4.53. The van der Waals surface area contributed by atoms with Crippen LogP contribution >= 0.6 is 0 Å². The van der Waals surface area contributed by atoms with Crippen molar-refractivity contribution in [3.8, 4) is 11.6 Å². The number of amides is 1. The summed E-state index contributed by atoms with van der Waals surface area (Å²) in [4.78, 5) is 23.3. The highest BCUT2D eigenvalue weighted by Gasteiger charge is 2.34. The molecule has 0 bridgehead atoms. The predicted molar refractivity (Wildman–Crippen MR) is 140 cm³/mol. The molecule has 1 amide bonds. The van der Waals surface area contributed by atoms with Crippen LogP contribution in [-0.2, 0) is 15.7 Å². The second kappa shape index (κ2) is 10.6.